The van der Waals surface area contributed by atoms with Crippen LogP contribution in [-0.2, 0) is 0 Å². The number of benzene rings is 3. The maximum atomic E-state index is 2.57. The van der Waals surface area contributed by atoms with E-state index in [0.717, 1.165) is 25.9 Å². The van der Waals surface area contributed by atoms with Gasteiger partial charge in [-0.05, 0) is 54.9 Å². The van der Waals surface area contributed by atoms with E-state index in [0.29, 0.717) is 11.8 Å². The maximum absolute atomic E-state index is 2.57. The molecule has 1 heteroatoms. The Hall–Kier alpha value is -2.54. The van der Waals surface area contributed by atoms with Crippen molar-refractivity contribution < 1.29 is 0 Å². The Morgan fingerprint density at radius 1 is 0.607 bits per heavy atom. The first-order valence-electron chi connectivity index (χ1n) is 10.5. The molecule has 3 aromatic carbocycles. The molecule has 0 aliphatic rings. The highest BCUT2D eigenvalue weighted by molar-refractivity contribution is 5.47. The minimum absolute atomic E-state index is 0.570. The number of hydrogen-bond acceptors (Lipinski definition) is 1. The Bertz CT molecular complexity index is 758. The fraction of sp³-hybridized carbons (Fsp3) is 0.333. The molecule has 0 aliphatic heterocycles. The summed E-state index contributed by atoms with van der Waals surface area (Å²) in [5.41, 5.74) is 5.53. The van der Waals surface area contributed by atoms with Crippen LogP contribution in [0.5, 0.6) is 0 Å². The van der Waals surface area contributed by atoms with Crippen LogP contribution in [0, 0.1) is 6.92 Å². The van der Waals surface area contributed by atoms with Gasteiger partial charge in [0.2, 0.25) is 0 Å². The molecule has 0 N–H and O–H groups in total. The fourth-order valence-corrected chi connectivity index (χ4v) is 3.72. The molecule has 0 saturated heterocycles. The minimum Gasteiger partial charge on any atom is -0.371 e. The Morgan fingerprint density at radius 2 is 1.04 bits per heavy atom. The highest BCUT2D eigenvalue weighted by Crippen LogP contribution is 2.24. The third kappa shape index (κ3) is 5.73. The first-order chi connectivity index (χ1) is 13.6. The van der Waals surface area contributed by atoms with Crippen molar-refractivity contribution in [3.8, 4) is 0 Å². The van der Waals surface area contributed by atoms with E-state index >= 15 is 0 Å². The van der Waals surface area contributed by atoms with E-state index in [-0.39, 0.29) is 0 Å². The predicted octanol–water partition coefficient (Wildman–Crippen LogP) is 7.19. The van der Waals surface area contributed by atoms with Crippen molar-refractivity contribution in [3.63, 3.8) is 0 Å². The third-order valence-electron chi connectivity index (χ3n) is 5.80. The van der Waals surface area contributed by atoms with Crippen molar-refractivity contribution in [2.75, 3.05) is 18.0 Å². The Balaban J connectivity index is 1.65. The summed E-state index contributed by atoms with van der Waals surface area (Å²) in [6.45, 7) is 9.01. The van der Waals surface area contributed by atoms with Gasteiger partial charge in [0.05, 0.1) is 0 Å². The minimum atomic E-state index is 0.570. The molecule has 0 radical (unpaired) electrons. The van der Waals surface area contributed by atoms with Crippen molar-refractivity contribution in [1.82, 2.24) is 0 Å². The molecule has 0 spiro atoms. The van der Waals surface area contributed by atoms with Gasteiger partial charge in [0, 0.05) is 18.8 Å². The first kappa shape index (κ1) is 20.2. The van der Waals surface area contributed by atoms with E-state index in [4.69, 9.17) is 0 Å². The first-order valence-corrected chi connectivity index (χ1v) is 10.5. The lowest BCUT2D eigenvalue weighted by Crippen LogP contribution is -2.27. The molecule has 0 aromatic heterocycles. The third-order valence-corrected chi connectivity index (χ3v) is 5.80. The number of rotatable bonds is 9. The number of aryl methyl sites for hydroxylation is 1. The van der Waals surface area contributed by atoms with Gasteiger partial charge >= 0.3 is 0 Å². The molecule has 0 amide bonds. The molecule has 146 valence electrons. The molecule has 3 rings (SSSR count). The van der Waals surface area contributed by atoms with Gasteiger partial charge in [-0.25, -0.2) is 0 Å². The van der Waals surface area contributed by atoms with Crippen LogP contribution in [0.4, 0.5) is 5.69 Å². The van der Waals surface area contributed by atoms with Gasteiger partial charge in [0.1, 0.15) is 0 Å². The van der Waals surface area contributed by atoms with Gasteiger partial charge < -0.3 is 4.90 Å². The van der Waals surface area contributed by atoms with Gasteiger partial charge in [-0.2, -0.15) is 0 Å². The average Bonchev–Trinajstić information content (AvgIpc) is 2.75. The number of anilines is 1. The fourth-order valence-electron chi connectivity index (χ4n) is 3.72. The Kier molecular flexibility index (Phi) is 7.31. The van der Waals surface area contributed by atoms with E-state index in [9.17, 15) is 0 Å². The summed E-state index contributed by atoms with van der Waals surface area (Å²) in [5, 5.41) is 0. The van der Waals surface area contributed by atoms with Crippen LogP contribution in [0.3, 0.4) is 0 Å². The van der Waals surface area contributed by atoms with Crippen LogP contribution in [0.25, 0.3) is 0 Å². The zero-order valence-corrected chi connectivity index (χ0v) is 17.5. The second-order valence-corrected chi connectivity index (χ2v) is 8.02. The lowest BCUT2D eigenvalue weighted by atomic mass is 9.96. The molecule has 2 unspecified atom stereocenters. The van der Waals surface area contributed by atoms with E-state index in [2.05, 4.69) is 111 Å². The number of hydrogen-bond donors (Lipinski definition) is 0. The normalized spacial score (nSPS) is 13.1. The maximum Gasteiger partial charge on any atom is 0.0366 e. The lowest BCUT2D eigenvalue weighted by Gasteiger charge is -2.28. The summed E-state index contributed by atoms with van der Waals surface area (Å²) in [6, 6.07) is 30.8. The summed E-state index contributed by atoms with van der Waals surface area (Å²) < 4.78 is 0. The summed E-state index contributed by atoms with van der Waals surface area (Å²) >= 11 is 0. The molecule has 0 saturated carbocycles. The van der Waals surface area contributed by atoms with E-state index in [1.54, 1.807) is 0 Å². The highest BCUT2D eigenvalue weighted by Gasteiger charge is 2.13. The zero-order chi connectivity index (χ0) is 19.8. The van der Waals surface area contributed by atoms with Gasteiger partial charge in [0.25, 0.3) is 0 Å². The molecule has 2 atom stereocenters. The van der Waals surface area contributed by atoms with Gasteiger partial charge in [-0.3, -0.25) is 0 Å². The van der Waals surface area contributed by atoms with Crippen molar-refractivity contribution in [1.29, 1.82) is 0 Å². The molecule has 3 aromatic rings. The molecule has 0 fully saturated rings. The average molecular weight is 372 g/mol. The van der Waals surface area contributed by atoms with Crippen molar-refractivity contribution in [2.24, 2.45) is 0 Å². The summed E-state index contributed by atoms with van der Waals surface area (Å²) in [4.78, 5) is 2.57. The second-order valence-electron chi connectivity index (χ2n) is 8.02. The van der Waals surface area contributed by atoms with E-state index in [1.165, 1.54) is 22.4 Å². The second kappa shape index (κ2) is 10.1. The smallest absolute Gasteiger partial charge is 0.0366 e. The van der Waals surface area contributed by atoms with E-state index < -0.39 is 0 Å². The summed E-state index contributed by atoms with van der Waals surface area (Å²) in [5.74, 6) is 1.14. The van der Waals surface area contributed by atoms with Crippen LogP contribution in [0.2, 0.25) is 0 Å². The lowest BCUT2D eigenvalue weighted by molar-refractivity contribution is 0.605. The van der Waals surface area contributed by atoms with Crippen LogP contribution in [-0.4, -0.2) is 13.1 Å². The standard InChI is InChI=1S/C27H33N/c1-22-14-16-27(17-15-22)28(20-18-23(2)25-10-6-4-7-11-25)21-19-24(3)26-12-8-5-9-13-26/h4-17,23-24H,18-21H2,1-3H3. The van der Waals surface area contributed by atoms with Crippen LogP contribution >= 0.6 is 0 Å². The molecule has 0 heterocycles. The van der Waals surface area contributed by atoms with Gasteiger partial charge in [-0.1, -0.05) is 92.2 Å². The van der Waals surface area contributed by atoms with Gasteiger partial charge in [0.15, 0.2) is 0 Å². The topological polar surface area (TPSA) is 3.24 Å². The molecular formula is C27H33N. The Morgan fingerprint density at radius 3 is 1.46 bits per heavy atom. The highest BCUT2D eigenvalue weighted by atomic mass is 15.1. The summed E-state index contributed by atoms with van der Waals surface area (Å²) in [7, 11) is 0. The quantitative estimate of drug-likeness (QED) is 0.385. The predicted molar refractivity (Wildman–Crippen MR) is 122 cm³/mol. The van der Waals surface area contributed by atoms with Crippen LogP contribution in [0.15, 0.2) is 84.9 Å². The summed E-state index contributed by atoms with van der Waals surface area (Å²) in [6.07, 6.45) is 2.33. The van der Waals surface area contributed by atoms with Crippen LogP contribution in [0.1, 0.15) is 55.2 Å². The Labute approximate surface area is 171 Å². The van der Waals surface area contributed by atoms with E-state index in [1.807, 2.05) is 0 Å². The van der Waals surface area contributed by atoms with Crippen LogP contribution < -0.4 is 4.90 Å². The molecule has 28 heavy (non-hydrogen) atoms. The monoisotopic (exact) mass is 371 g/mol. The number of nitrogens with zero attached hydrogens (tertiary/aromatic N) is 1. The van der Waals surface area contributed by atoms with Gasteiger partial charge in [-0.15, -0.1) is 0 Å². The SMILES string of the molecule is Cc1ccc(N(CCC(C)c2ccccc2)CCC(C)c2ccccc2)cc1. The molecular weight excluding hydrogens is 338 g/mol. The largest absolute Gasteiger partial charge is 0.371 e. The molecule has 0 bridgehead atoms. The van der Waals surface area contributed by atoms with Crippen molar-refractivity contribution in [2.45, 2.75) is 45.4 Å². The van der Waals surface area contributed by atoms with Crippen molar-refractivity contribution in [3.05, 3.63) is 102 Å². The molecule has 1 nitrogen and oxygen atoms in total. The molecule has 0 aliphatic carbocycles. The zero-order valence-electron chi connectivity index (χ0n) is 17.5. The van der Waals surface area contributed by atoms with Crippen molar-refractivity contribution >= 4 is 5.69 Å².